The molecule has 224 valence electrons. The van der Waals surface area contributed by atoms with E-state index >= 15 is 0 Å². The molecule has 0 unspecified atom stereocenters. The van der Waals surface area contributed by atoms with Crippen LogP contribution in [0.25, 0.3) is 0 Å². The van der Waals surface area contributed by atoms with Gasteiger partial charge in [-0.15, -0.1) is 10.2 Å². The molecule has 4 fully saturated rings. The first-order valence-corrected chi connectivity index (χ1v) is 15.4. The van der Waals surface area contributed by atoms with Crippen molar-refractivity contribution in [2.45, 2.75) is 71.6 Å². The molecule has 1 spiro atoms. The second kappa shape index (κ2) is 10.7. The number of aliphatic hydroxyl groups is 1. The van der Waals surface area contributed by atoms with E-state index in [4.69, 9.17) is 21.6 Å². The van der Waals surface area contributed by atoms with Crippen molar-refractivity contribution in [1.82, 2.24) is 20.4 Å². The molecule has 2 saturated carbocycles. The van der Waals surface area contributed by atoms with Crippen LogP contribution in [-0.2, 0) is 0 Å². The van der Waals surface area contributed by atoms with Crippen LogP contribution in [0.3, 0.4) is 0 Å². The Morgan fingerprint density at radius 1 is 1.12 bits per heavy atom. The molecular formula is C32H41ClN6O3. The molecular weight excluding hydrogens is 552 g/mol. The summed E-state index contributed by atoms with van der Waals surface area (Å²) in [5, 5.41) is 31.1. The number of nitriles is 1. The van der Waals surface area contributed by atoms with Gasteiger partial charge in [0.05, 0.1) is 16.7 Å². The monoisotopic (exact) mass is 592 g/mol. The van der Waals surface area contributed by atoms with E-state index in [9.17, 15) is 9.90 Å². The number of anilines is 1. The van der Waals surface area contributed by atoms with Gasteiger partial charge >= 0.3 is 0 Å². The van der Waals surface area contributed by atoms with E-state index < -0.39 is 0 Å². The molecule has 2 aliphatic heterocycles. The molecule has 1 aromatic heterocycles. The number of amides is 1. The average molecular weight is 593 g/mol. The summed E-state index contributed by atoms with van der Waals surface area (Å²) in [6, 6.07) is 10.6. The summed E-state index contributed by atoms with van der Waals surface area (Å²) in [6.07, 6.45) is 3.97. The average Bonchev–Trinajstić information content (AvgIpc) is 2.92. The maximum Gasteiger partial charge on any atom is 0.272 e. The smallest absolute Gasteiger partial charge is 0.272 e. The molecule has 0 bridgehead atoms. The minimum Gasteiger partial charge on any atom is -0.489 e. The van der Waals surface area contributed by atoms with E-state index in [0.29, 0.717) is 33.4 Å². The molecule has 42 heavy (non-hydrogen) atoms. The van der Waals surface area contributed by atoms with Gasteiger partial charge in [0.2, 0.25) is 0 Å². The molecule has 2 aromatic rings. The summed E-state index contributed by atoms with van der Waals surface area (Å²) in [7, 11) is 0. The molecule has 10 heteroatoms. The normalized spacial score (nSPS) is 26.5. The van der Waals surface area contributed by atoms with Crippen molar-refractivity contribution in [1.29, 1.82) is 5.26 Å². The number of nitrogens with one attached hydrogen (secondary N) is 1. The number of carbonyl (C=O) groups excluding carboxylic acids is 1. The Labute approximate surface area is 253 Å². The number of aliphatic hydroxyl groups excluding tert-OH is 1. The maximum atomic E-state index is 13.2. The third-order valence-corrected chi connectivity index (χ3v) is 10.6. The topological polar surface area (TPSA) is 115 Å². The number of benzene rings is 1. The first-order chi connectivity index (χ1) is 19.9. The van der Waals surface area contributed by atoms with Crippen LogP contribution in [-0.4, -0.2) is 77.1 Å². The Bertz CT molecular complexity index is 1350. The van der Waals surface area contributed by atoms with Gasteiger partial charge in [-0.1, -0.05) is 39.3 Å². The first kappa shape index (κ1) is 29.2. The lowest BCUT2D eigenvalue weighted by atomic mass is 9.49. The standard InChI is InChI=1S/C32H41ClN6O3/c1-30(2)28(31(3,4)29(30)42-23-6-5-21(14-34)24(33)13-23)35-27(41)25-7-8-26(37-36-25)39-16-20(17-39)15-38-18-32(19-38)11-9-22(40)10-12-32/h5-8,13,20,22,28-29,40H,9-12,15-19H2,1-4H3,(H,35,41). The van der Waals surface area contributed by atoms with Crippen LogP contribution in [0.5, 0.6) is 5.75 Å². The third kappa shape index (κ3) is 5.23. The third-order valence-electron chi connectivity index (χ3n) is 10.2. The number of rotatable bonds is 7. The van der Waals surface area contributed by atoms with Crippen LogP contribution in [0, 0.1) is 33.5 Å². The zero-order valence-electron chi connectivity index (χ0n) is 24.9. The van der Waals surface area contributed by atoms with Crippen molar-refractivity contribution in [3.63, 3.8) is 0 Å². The molecule has 2 aliphatic carbocycles. The molecule has 6 rings (SSSR count). The minimum atomic E-state index is -0.353. The molecule has 2 N–H and O–H groups in total. The highest BCUT2D eigenvalue weighted by molar-refractivity contribution is 6.31. The maximum absolute atomic E-state index is 13.2. The Morgan fingerprint density at radius 2 is 1.81 bits per heavy atom. The van der Waals surface area contributed by atoms with Crippen LogP contribution < -0.4 is 15.0 Å². The van der Waals surface area contributed by atoms with Gasteiger partial charge < -0.3 is 25.0 Å². The highest BCUT2D eigenvalue weighted by Crippen LogP contribution is 2.55. The van der Waals surface area contributed by atoms with E-state index in [1.54, 1.807) is 24.3 Å². The van der Waals surface area contributed by atoms with Crippen LogP contribution in [0.4, 0.5) is 5.82 Å². The van der Waals surface area contributed by atoms with Crippen molar-refractivity contribution in [2.75, 3.05) is 37.6 Å². The number of hydrogen-bond donors (Lipinski definition) is 2. The van der Waals surface area contributed by atoms with Crippen LogP contribution in [0.1, 0.15) is 69.4 Å². The fourth-order valence-electron chi connectivity index (χ4n) is 8.22. The van der Waals surface area contributed by atoms with Crippen LogP contribution >= 0.6 is 11.6 Å². The number of hydrogen-bond acceptors (Lipinski definition) is 8. The Morgan fingerprint density at radius 3 is 2.40 bits per heavy atom. The van der Waals surface area contributed by atoms with Gasteiger partial charge in [0.1, 0.15) is 17.9 Å². The lowest BCUT2D eigenvalue weighted by Gasteiger charge is -2.63. The number of aromatic nitrogens is 2. The Hall–Kier alpha value is -2.93. The molecule has 4 aliphatic rings. The van der Waals surface area contributed by atoms with Gasteiger partial charge in [-0.2, -0.15) is 5.26 Å². The minimum absolute atomic E-state index is 0.0890. The van der Waals surface area contributed by atoms with Crippen molar-refractivity contribution < 1.29 is 14.6 Å². The molecule has 2 saturated heterocycles. The molecule has 1 aromatic carbocycles. The molecule has 3 heterocycles. The predicted molar refractivity (Wildman–Crippen MR) is 160 cm³/mol. The highest BCUT2D eigenvalue weighted by Gasteiger charge is 2.64. The van der Waals surface area contributed by atoms with Crippen LogP contribution in [0.15, 0.2) is 30.3 Å². The second-order valence-electron chi connectivity index (χ2n) is 14.2. The van der Waals surface area contributed by atoms with Crippen LogP contribution in [0.2, 0.25) is 5.02 Å². The summed E-state index contributed by atoms with van der Waals surface area (Å²) in [4.78, 5) is 18.0. The lowest BCUT2D eigenvalue weighted by molar-refractivity contribution is -0.164. The summed E-state index contributed by atoms with van der Waals surface area (Å²) in [5.74, 6) is 1.79. The summed E-state index contributed by atoms with van der Waals surface area (Å²) < 4.78 is 6.33. The van der Waals surface area contributed by atoms with E-state index in [1.165, 1.54) is 13.1 Å². The number of carbonyl (C=O) groups is 1. The number of halogens is 1. The molecule has 0 atom stereocenters. The summed E-state index contributed by atoms with van der Waals surface area (Å²) in [6.45, 7) is 13.7. The van der Waals surface area contributed by atoms with Gasteiger partial charge in [-0.3, -0.25) is 4.79 Å². The molecule has 0 radical (unpaired) electrons. The zero-order valence-corrected chi connectivity index (χ0v) is 25.7. The number of ether oxygens (including phenoxy) is 1. The van der Waals surface area contributed by atoms with Crippen molar-refractivity contribution in [3.05, 3.63) is 46.6 Å². The SMILES string of the molecule is CC1(C)C(NC(=O)c2ccc(N3CC(CN4CC5(CCC(O)CC5)C4)C3)nn2)C(C)(C)C1Oc1ccc(C#N)c(Cl)c1. The molecule has 9 nitrogen and oxygen atoms in total. The second-order valence-corrected chi connectivity index (χ2v) is 14.7. The van der Waals surface area contributed by atoms with Crippen molar-refractivity contribution in [3.8, 4) is 11.8 Å². The van der Waals surface area contributed by atoms with Gasteiger partial charge in [-0.25, -0.2) is 0 Å². The van der Waals surface area contributed by atoms with Crippen molar-refractivity contribution >= 4 is 23.3 Å². The van der Waals surface area contributed by atoms with Gasteiger partial charge in [0.25, 0.3) is 5.91 Å². The van der Waals surface area contributed by atoms with Gasteiger partial charge in [0, 0.05) is 61.6 Å². The molecule has 1 amide bonds. The van der Waals surface area contributed by atoms with E-state index in [1.807, 2.05) is 6.07 Å². The quantitative estimate of drug-likeness (QED) is 0.489. The number of nitrogens with zero attached hydrogens (tertiary/aromatic N) is 5. The summed E-state index contributed by atoms with van der Waals surface area (Å²) in [5.41, 5.74) is 0.460. The highest BCUT2D eigenvalue weighted by atomic mass is 35.5. The number of likely N-dealkylation sites (tertiary alicyclic amines) is 1. The fraction of sp³-hybridized carbons (Fsp3) is 0.625. The van der Waals surface area contributed by atoms with Gasteiger partial charge in [0.15, 0.2) is 11.5 Å². The zero-order chi connectivity index (χ0) is 29.9. The van der Waals surface area contributed by atoms with Gasteiger partial charge in [-0.05, 0) is 55.4 Å². The fourth-order valence-corrected chi connectivity index (χ4v) is 8.43. The van der Waals surface area contributed by atoms with E-state index in [2.05, 4.69) is 59.1 Å². The largest absolute Gasteiger partial charge is 0.489 e. The summed E-state index contributed by atoms with van der Waals surface area (Å²) >= 11 is 6.21. The lowest BCUT2D eigenvalue weighted by Crippen LogP contribution is -2.74. The Kier molecular flexibility index (Phi) is 7.40. The Balaban J connectivity index is 0.985. The predicted octanol–water partition coefficient (Wildman–Crippen LogP) is 4.29. The van der Waals surface area contributed by atoms with E-state index in [-0.39, 0.29) is 35.0 Å². The first-order valence-electron chi connectivity index (χ1n) is 15.1. The van der Waals surface area contributed by atoms with Crippen molar-refractivity contribution in [2.24, 2.45) is 22.2 Å². The van der Waals surface area contributed by atoms with E-state index in [0.717, 1.165) is 51.1 Å².